The number of carbonyl (C=O) groups is 1. The van der Waals surface area contributed by atoms with Crippen molar-refractivity contribution in [1.82, 2.24) is 19.7 Å². The third-order valence-electron chi connectivity index (χ3n) is 8.70. The number of nitrogens with zero attached hydrogens (tertiary/aromatic N) is 4. The predicted octanol–water partition coefficient (Wildman–Crippen LogP) is 7.99. The molecule has 2 aromatic carbocycles. The Morgan fingerprint density at radius 1 is 1.00 bits per heavy atom. The number of pyridine rings is 1. The van der Waals surface area contributed by atoms with Gasteiger partial charge in [-0.25, -0.2) is 4.79 Å². The number of ether oxygens (including phenoxy) is 2. The molecular formula is C36H50N4O3. The third-order valence-corrected chi connectivity index (χ3v) is 8.70. The number of aromatic nitrogens is 1. The highest BCUT2D eigenvalue weighted by molar-refractivity contribution is 5.83. The minimum Gasteiger partial charge on any atom is -0.497 e. The molecule has 1 aromatic heterocycles. The second-order valence-electron chi connectivity index (χ2n) is 11.4. The molecule has 7 nitrogen and oxygen atoms in total. The van der Waals surface area contributed by atoms with Gasteiger partial charge in [-0.1, -0.05) is 71.4 Å². The molecule has 0 N–H and O–H groups in total. The summed E-state index contributed by atoms with van der Waals surface area (Å²) in [4.78, 5) is 25.2. The Morgan fingerprint density at radius 3 is 2.35 bits per heavy atom. The summed E-state index contributed by atoms with van der Waals surface area (Å²) in [6, 6.07) is 14.6. The number of rotatable bonds is 5. The summed E-state index contributed by atoms with van der Waals surface area (Å²) in [7, 11) is 3.37. The van der Waals surface area contributed by atoms with E-state index in [9.17, 15) is 4.79 Å². The van der Waals surface area contributed by atoms with E-state index in [1.54, 1.807) is 14.2 Å². The predicted molar refractivity (Wildman–Crippen MR) is 176 cm³/mol. The van der Waals surface area contributed by atoms with Crippen molar-refractivity contribution in [1.29, 1.82) is 0 Å². The molecule has 0 radical (unpaired) electrons. The topological polar surface area (TPSA) is 58.1 Å². The molecule has 3 aliphatic rings. The van der Waals surface area contributed by atoms with Gasteiger partial charge in [-0.15, -0.1) is 0 Å². The maximum absolute atomic E-state index is 13.9. The summed E-state index contributed by atoms with van der Waals surface area (Å²) >= 11 is 0. The molecule has 0 unspecified atom stereocenters. The zero-order valence-corrected chi connectivity index (χ0v) is 27.4. The summed E-state index contributed by atoms with van der Waals surface area (Å²) in [6.45, 7) is 16.5. The summed E-state index contributed by atoms with van der Waals surface area (Å²) in [5.74, 6) is 1.69. The lowest BCUT2D eigenvalue weighted by molar-refractivity contribution is 0.0890. The van der Waals surface area contributed by atoms with E-state index in [0.29, 0.717) is 13.1 Å². The lowest BCUT2D eigenvalue weighted by atomic mass is 9.82. The molecule has 7 heteroatoms. The minimum absolute atomic E-state index is 0.104. The molecule has 0 saturated carbocycles. The van der Waals surface area contributed by atoms with Gasteiger partial charge in [0.15, 0.2) is 0 Å². The van der Waals surface area contributed by atoms with Crippen LogP contribution < -0.4 is 9.47 Å². The van der Waals surface area contributed by atoms with Gasteiger partial charge in [-0.05, 0) is 43.0 Å². The molecule has 1 atom stereocenters. The van der Waals surface area contributed by atoms with Crippen LogP contribution in [0.3, 0.4) is 0 Å². The van der Waals surface area contributed by atoms with E-state index in [1.165, 1.54) is 17.4 Å². The van der Waals surface area contributed by atoms with E-state index in [1.807, 2.05) is 37.1 Å². The van der Waals surface area contributed by atoms with E-state index < -0.39 is 0 Å². The monoisotopic (exact) mass is 586 g/mol. The number of benzene rings is 2. The Kier molecular flexibility index (Phi) is 10.7. The zero-order valence-electron chi connectivity index (χ0n) is 27.4. The quantitative estimate of drug-likeness (QED) is 0.303. The second kappa shape index (κ2) is 14.3. The number of methoxy groups -OCH3 is 2. The van der Waals surface area contributed by atoms with Crippen LogP contribution in [0.4, 0.5) is 4.79 Å². The van der Waals surface area contributed by atoms with Gasteiger partial charge < -0.3 is 14.4 Å². The Labute approximate surface area is 258 Å². The molecule has 2 amide bonds. The molecule has 0 aliphatic carbocycles. The molecule has 232 valence electrons. The van der Waals surface area contributed by atoms with Crippen molar-refractivity contribution < 1.29 is 14.3 Å². The van der Waals surface area contributed by atoms with Gasteiger partial charge in [0, 0.05) is 61.0 Å². The van der Waals surface area contributed by atoms with Gasteiger partial charge >= 0.3 is 6.03 Å². The Hall–Kier alpha value is -3.58. The van der Waals surface area contributed by atoms with Crippen molar-refractivity contribution in [2.75, 3.05) is 33.9 Å². The number of likely N-dealkylation sites (N-methyl/N-ethyl adjacent to an activating group) is 1. The first-order valence-electron chi connectivity index (χ1n) is 16.0. The van der Waals surface area contributed by atoms with Crippen molar-refractivity contribution in [3.63, 3.8) is 0 Å². The van der Waals surface area contributed by atoms with Gasteiger partial charge in [0.1, 0.15) is 11.5 Å². The number of hydrogen-bond donors (Lipinski definition) is 0. The molecule has 43 heavy (non-hydrogen) atoms. The van der Waals surface area contributed by atoms with Crippen molar-refractivity contribution in [2.45, 2.75) is 85.4 Å². The highest BCUT2D eigenvalue weighted by Gasteiger charge is 2.54. The van der Waals surface area contributed by atoms with E-state index in [2.05, 4.69) is 78.9 Å². The highest BCUT2D eigenvalue weighted by Crippen LogP contribution is 2.49. The average Bonchev–Trinajstić information content (AvgIpc) is 3.13. The van der Waals surface area contributed by atoms with E-state index >= 15 is 0 Å². The van der Waals surface area contributed by atoms with Crippen LogP contribution in [-0.4, -0.2) is 65.1 Å². The van der Waals surface area contributed by atoms with Crippen LogP contribution in [0.5, 0.6) is 11.5 Å². The van der Waals surface area contributed by atoms with Crippen LogP contribution in [-0.2, 0) is 13.1 Å². The molecule has 0 bridgehead atoms. The van der Waals surface area contributed by atoms with Crippen molar-refractivity contribution >= 4 is 16.9 Å². The Balaban J connectivity index is 0.000000798. The summed E-state index contributed by atoms with van der Waals surface area (Å²) in [5, 5.41) is 1.18. The molecule has 4 heterocycles. The number of likely N-dealkylation sites (tertiary alicyclic amines) is 1. The molecule has 2 fully saturated rings. The fourth-order valence-corrected chi connectivity index (χ4v) is 6.88. The smallest absolute Gasteiger partial charge is 0.325 e. The first kappa shape index (κ1) is 32.3. The SMILES string of the molecule is CC.CCC.CCN1C(=O)N2Cc3cc(OC)cc(OC)c3[C@@H](C)C=C2C12CCN(Cc1cccc3cccnc13)CC2. The van der Waals surface area contributed by atoms with Gasteiger partial charge in [0.25, 0.3) is 0 Å². The fourth-order valence-electron chi connectivity index (χ4n) is 6.88. The van der Waals surface area contributed by atoms with Crippen molar-refractivity contribution in [2.24, 2.45) is 0 Å². The summed E-state index contributed by atoms with van der Waals surface area (Å²) < 4.78 is 11.3. The normalized spacial score (nSPS) is 18.9. The van der Waals surface area contributed by atoms with Gasteiger partial charge in [-0.3, -0.25) is 14.8 Å². The number of hydrogen-bond acceptors (Lipinski definition) is 5. The highest BCUT2D eigenvalue weighted by atomic mass is 16.5. The van der Waals surface area contributed by atoms with Crippen molar-refractivity contribution in [3.05, 3.63) is 77.1 Å². The number of allylic oxidation sites excluding steroid dienone is 1. The number of para-hydroxylation sites is 1. The third kappa shape index (κ3) is 6.10. The van der Waals surface area contributed by atoms with Crippen LogP contribution in [0.15, 0.2) is 60.4 Å². The lowest BCUT2D eigenvalue weighted by Crippen LogP contribution is -2.53. The van der Waals surface area contributed by atoms with Crippen LogP contribution in [0.1, 0.15) is 83.4 Å². The van der Waals surface area contributed by atoms with Crippen LogP contribution in [0, 0.1) is 0 Å². The minimum atomic E-state index is -0.285. The van der Waals surface area contributed by atoms with E-state index in [4.69, 9.17) is 9.47 Å². The number of piperidine rings is 1. The number of urea groups is 1. The Bertz CT molecular complexity index is 1420. The average molecular weight is 587 g/mol. The molecule has 6 rings (SSSR count). The van der Waals surface area contributed by atoms with E-state index in [-0.39, 0.29) is 17.5 Å². The van der Waals surface area contributed by atoms with Gasteiger partial charge in [-0.2, -0.15) is 0 Å². The maximum atomic E-state index is 13.9. The van der Waals surface area contributed by atoms with Gasteiger partial charge in [0.2, 0.25) is 0 Å². The standard InChI is InChI=1S/C31H36N4O3.C3H8.C2H6/c1-5-35-30(36)34-20-24-17-25(37-3)18-26(38-4)28(24)21(2)16-27(34)31(35)11-14-33(15-12-31)19-23-9-6-8-22-10-7-13-32-29(22)23;1-3-2;1-2/h6-10,13,16-18,21H,5,11-12,14-15,19-20H2,1-4H3;3H2,1-2H3;1-2H3/t21-;;/m0../s1. The van der Waals surface area contributed by atoms with Crippen LogP contribution in [0.25, 0.3) is 10.9 Å². The maximum Gasteiger partial charge on any atom is 0.325 e. The van der Waals surface area contributed by atoms with E-state index in [0.717, 1.165) is 66.3 Å². The molecule has 2 saturated heterocycles. The molecule has 1 spiro atoms. The van der Waals surface area contributed by atoms with Gasteiger partial charge in [0.05, 0.1) is 31.8 Å². The lowest BCUT2D eigenvalue weighted by Gasteiger charge is -2.44. The Morgan fingerprint density at radius 2 is 1.70 bits per heavy atom. The summed E-state index contributed by atoms with van der Waals surface area (Å²) in [6.07, 6.45) is 7.27. The number of fused-ring (bicyclic) bond motifs is 4. The molecule has 3 aromatic rings. The van der Waals surface area contributed by atoms with Crippen molar-refractivity contribution in [3.8, 4) is 11.5 Å². The zero-order chi connectivity index (χ0) is 31.1. The number of carbonyl (C=O) groups excluding carboxylic acids is 1. The fraction of sp³-hybridized carbons (Fsp3) is 0.500. The summed E-state index contributed by atoms with van der Waals surface area (Å²) in [5.41, 5.74) is 5.43. The molecular weight excluding hydrogens is 536 g/mol. The largest absolute Gasteiger partial charge is 0.497 e. The van der Waals surface area contributed by atoms with Crippen LogP contribution in [0.2, 0.25) is 0 Å². The first-order chi connectivity index (χ1) is 20.9. The number of amides is 2. The second-order valence-corrected chi connectivity index (χ2v) is 11.4. The van der Waals surface area contributed by atoms with Crippen LogP contribution >= 0.6 is 0 Å². The molecule has 3 aliphatic heterocycles. The first-order valence-corrected chi connectivity index (χ1v) is 16.0.